The lowest BCUT2D eigenvalue weighted by molar-refractivity contribution is -0.127. The molecule has 0 aliphatic carbocycles. The van der Waals surface area contributed by atoms with Crippen LogP contribution in [0.25, 0.3) is 0 Å². The molecule has 0 bridgehead atoms. The molecule has 2 rings (SSSR count). The molecule has 0 saturated heterocycles. The molecule has 0 N–H and O–H groups in total. The minimum atomic E-state index is 0.183. The van der Waals surface area contributed by atoms with E-state index in [9.17, 15) is 4.79 Å². The Hall–Kier alpha value is -0.850. The van der Waals surface area contributed by atoms with E-state index in [0.717, 1.165) is 16.5 Å². The predicted molar refractivity (Wildman–Crippen MR) is 88.5 cm³/mol. The highest BCUT2D eigenvalue weighted by Gasteiger charge is 2.11. The van der Waals surface area contributed by atoms with Crippen molar-refractivity contribution in [2.45, 2.75) is 26.1 Å². The highest BCUT2D eigenvalue weighted by molar-refractivity contribution is 7.99. The summed E-state index contributed by atoms with van der Waals surface area (Å²) in [4.78, 5) is 20.7. The van der Waals surface area contributed by atoms with Crippen molar-refractivity contribution in [3.63, 3.8) is 0 Å². The first-order valence-electron chi connectivity index (χ1n) is 6.33. The second-order valence-electron chi connectivity index (χ2n) is 4.56. The van der Waals surface area contributed by atoms with Gasteiger partial charge in [0.1, 0.15) is 0 Å². The summed E-state index contributed by atoms with van der Waals surface area (Å²) >= 11 is 5.08. The normalized spacial score (nSPS) is 10.8. The van der Waals surface area contributed by atoms with Crippen LogP contribution in [0.2, 0.25) is 0 Å². The molecular weight excluding hydrogens is 308 g/mol. The second-order valence-corrected chi connectivity index (χ2v) is 7.87. The summed E-state index contributed by atoms with van der Waals surface area (Å²) in [5, 5.41) is 3.14. The molecule has 0 aliphatic heterocycles. The number of carbonyl (C=O) groups excluding carboxylic acids is 1. The van der Waals surface area contributed by atoms with Crippen LogP contribution in [0.1, 0.15) is 20.5 Å². The van der Waals surface area contributed by atoms with Crippen LogP contribution >= 0.6 is 34.4 Å². The van der Waals surface area contributed by atoms with E-state index >= 15 is 0 Å². The molecule has 3 nitrogen and oxygen atoms in total. The topological polar surface area (TPSA) is 33.2 Å². The molecule has 0 saturated carbocycles. The second kappa shape index (κ2) is 7.24. The van der Waals surface area contributed by atoms with E-state index in [1.165, 1.54) is 9.75 Å². The van der Waals surface area contributed by atoms with Crippen LogP contribution in [0.5, 0.6) is 0 Å². The molecule has 2 aromatic heterocycles. The van der Waals surface area contributed by atoms with E-state index in [1.807, 2.05) is 32.3 Å². The Labute approximate surface area is 132 Å². The Morgan fingerprint density at radius 2 is 2.25 bits per heavy atom. The van der Waals surface area contributed by atoms with Gasteiger partial charge in [0.2, 0.25) is 5.91 Å². The molecule has 0 fully saturated rings. The fourth-order valence-corrected chi connectivity index (χ4v) is 4.64. The van der Waals surface area contributed by atoms with Gasteiger partial charge in [-0.25, -0.2) is 4.98 Å². The van der Waals surface area contributed by atoms with Gasteiger partial charge in [0.25, 0.3) is 0 Å². The number of aryl methyl sites for hydroxylation is 2. The van der Waals surface area contributed by atoms with Crippen LogP contribution in [-0.4, -0.2) is 28.6 Å². The van der Waals surface area contributed by atoms with Gasteiger partial charge in [0.05, 0.1) is 23.0 Å². The van der Waals surface area contributed by atoms with E-state index in [1.54, 1.807) is 39.3 Å². The molecule has 1 amide bonds. The van der Waals surface area contributed by atoms with E-state index < -0.39 is 0 Å². The Morgan fingerprint density at radius 3 is 2.85 bits per heavy atom. The monoisotopic (exact) mass is 326 g/mol. The summed E-state index contributed by atoms with van der Waals surface area (Å²) in [6.07, 6.45) is 0. The average molecular weight is 327 g/mol. The van der Waals surface area contributed by atoms with E-state index in [4.69, 9.17) is 0 Å². The summed E-state index contributed by atoms with van der Waals surface area (Å²) in [7, 11) is 1.87. The summed E-state index contributed by atoms with van der Waals surface area (Å²) in [6, 6.07) is 4.08. The summed E-state index contributed by atoms with van der Waals surface area (Å²) in [5.74, 6) is 1.58. The molecule has 0 atom stereocenters. The van der Waals surface area contributed by atoms with Crippen LogP contribution < -0.4 is 0 Å². The molecule has 2 heterocycles. The number of aromatic nitrogens is 1. The first-order chi connectivity index (χ1) is 9.56. The van der Waals surface area contributed by atoms with E-state index in [-0.39, 0.29) is 5.91 Å². The zero-order valence-corrected chi connectivity index (χ0v) is 14.3. The number of amides is 1. The van der Waals surface area contributed by atoms with Gasteiger partial charge < -0.3 is 4.90 Å². The maximum Gasteiger partial charge on any atom is 0.232 e. The molecule has 0 radical (unpaired) electrons. The van der Waals surface area contributed by atoms with Crippen molar-refractivity contribution in [3.8, 4) is 0 Å². The average Bonchev–Trinajstić information content (AvgIpc) is 2.99. The molecule has 0 unspecified atom stereocenters. The lowest BCUT2D eigenvalue weighted by atomic mass is 10.4. The number of thiophene rings is 1. The van der Waals surface area contributed by atoms with Crippen molar-refractivity contribution >= 4 is 40.3 Å². The third-order valence-corrected chi connectivity index (χ3v) is 5.92. The number of hydrogen-bond donors (Lipinski definition) is 0. The maximum absolute atomic E-state index is 12.0. The number of nitrogens with zero attached hydrogens (tertiary/aromatic N) is 2. The number of carbonyl (C=O) groups is 1. The van der Waals surface area contributed by atoms with Gasteiger partial charge in [-0.1, -0.05) is 6.07 Å². The van der Waals surface area contributed by atoms with Crippen molar-refractivity contribution in [1.29, 1.82) is 0 Å². The van der Waals surface area contributed by atoms with Gasteiger partial charge in [-0.05, 0) is 25.3 Å². The molecule has 0 aliphatic rings. The SMILES string of the molecule is Cc1nc(C)c(CSCC(=O)N(C)Cc2cccs2)s1. The quantitative estimate of drug-likeness (QED) is 0.811. The van der Waals surface area contributed by atoms with Crippen molar-refractivity contribution in [2.75, 3.05) is 12.8 Å². The largest absolute Gasteiger partial charge is 0.340 e. The lowest BCUT2D eigenvalue weighted by Gasteiger charge is -2.15. The number of thioether (sulfide) groups is 1. The molecular formula is C14H18N2OS3. The summed E-state index contributed by atoms with van der Waals surface area (Å²) in [5.41, 5.74) is 1.10. The zero-order chi connectivity index (χ0) is 14.5. The first kappa shape index (κ1) is 15.5. The third-order valence-electron chi connectivity index (χ3n) is 2.86. The van der Waals surface area contributed by atoms with Crippen molar-refractivity contribution in [2.24, 2.45) is 0 Å². The van der Waals surface area contributed by atoms with Gasteiger partial charge in [-0.3, -0.25) is 4.79 Å². The van der Waals surface area contributed by atoms with Crippen LogP contribution in [0.15, 0.2) is 17.5 Å². The Bertz CT molecular complexity index is 563. The fourth-order valence-electron chi connectivity index (χ4n) is 1.77. The van der Waals surface area contributed by atoms with Gasteiger partial charge in [-0.15, -0.1) is 34.4 Å². The molecule has 0 aromatic carbocycles. The fraction of sp³-hybridized carbons (Fsp3) is 0.429. The summed E-state index contributed by atoms with van der Waals surface area (Å²) < 4.78 is 0. The van der Waals surface area contributed by atoms with E-state index in [0.29, 0.717) is 12.3 Å². The van der Waals surface area contributed by atoms with Gasteiger partial charge in [-0.2, -0.15) is 0 Å². The molecule has 0 spiro atoms. The Morgan fingerprint density at radius 1 is 1.45 bits per heavy atom. The lowest BCUT2D eigenvalue weighted by Crippen LogP contribution is -2.27. The van der Waals surface area contributed by atoms with Crippen molar-refractivity contribution in [1.82, 2.24) is 9.88 Å². The van der Waals surface area contributed by atoms with Crippen molar-refractivity contribution in [3.05, 3.63) is 38.0 Å². The molecule has 6 heteroatoms. The summed E-state index contributed by atoms with van der Waals surface area (Å²) in [6.45, 7) is 4.76. The predicted octanol–water partition coefficient (Wildman–Crippen LogP) is 3.71. The van der Waals surface area contributed by atoms with Crippen LogP contribution in [0.4, 0.5) is 0 Å². The smallest absolute Gasteiger partial charge is 0.232 e. The van der Waals surface area contributed by atoms with Gasteiger partial charge >= 0.3 is 0 Å². The minimum Gasteiger partial charge on any atom is -0.340 e. The Kier molecular flexibility index (Phi) is 5.63. The zero-order valence-electron chi connectivity index (χ0n) is 11.9. The first-order valence-corrected chi connectivity index (χ1v) is 9.18. The molecule has 108 valence electrons. The van der Waals surface area contributed by atoms with E-state index in [2.05, 4.69) is 11.1 Å². The van der Waals surface area contributed by atoms with Crippen LogP contribution in [0, 0.1) is 13.8 Å². The number of hydrogen-bond acceptors (Lipinski definition) is 5. The van der Waals surface area contributed by atoms with Crippen LogP contribution in [-0.2, 0) is 17.1 Å². The van der Waals surface area contributed by atoms with Gasteiger partial charge in [0.15, 0.2) is 0 Å². The highest BCUT2D eigenvalue weighted by Crippen LogP contribution is 2.23. The number of rotatable bonds is 6. The van der Waals surface area contributed by atoms with Crippen LogP contribution in [0.3, 0.4) is 0 Å². The van der Waals surface area contributed by atoms with Gasteiger partial charge in [0, 0.05) is 22.6 Å². The third kappa shape index (κ3) is 4.33. The molecule has 2 aromatic rings. The van der Waals surface area contributed by atoms with Crippen molar-refractivity contribution < 1.29 is 4.79 Å². The maximum atomic E-state index is 12.0. The number of thiazole rings is 1. The minimum absolute atomic E-state index is 0.183. The standard InChI is InChI=1S/C14H18N2OS3/c1-10-13(20-11(2)15-10)8-18-9-14(17)16(3)7-12-5-4-6-19-12/h4-6H,7-9H2,1-3H3. The molecule has 20 heavy (non-hydrogen) atoms. The Balaban J connectivity index is 1.76. The highest BCUT2D eigenvalue weighted by atomic mass is 32.2.